The topological polar surface area (TPSA) is 0 Å². The first kappa shape index (κ1) is 9.94. The van der Waals surface area contributed by atoms with E-state index >= 15 is 0 Å². The van der Waals surface area contributed by atoms with Crippen LogP contribution in [0.25, 0.3) is 0 Å². The Morgan fingerprint density at radius 1 is 0.917 bits per heavy atom. The second-order valence-electron chi connectivity index (χ2n) is 3.06. The van der Waals surface area contributed by atoms with Crippen LogP contribution in [0.5, 0.6) is 0 Å². The van der Waals surface area contributed by atoms with E-state index < -0.39 is 0 Å². The first-order chi connectivity index (χ1) is 5.95. The van der Waals surface area contributed by atoms with Gasteiger partial charge in [0.25, 0.3) is 0 Å². The summed E-state index contributed by atoms with van der Waals surface area (Å²) in [6, 6.07) is 0. The maximum atomic E-state index is 2.15. The van der Waals surface area contributed by atoms with E-state index in [2.05, 4.69) is 47.0 Å². The van der Waals surface area contributed by atoms with Gasteiger partial charge in [-0.05, 0) is 0 Å². The van der Waals surface area contributed by atoms with Gasteiger partial charge in [-0.3, -0.25) is 0 Å². The Kier molecular flexibility index (Phi) is 4.41. The van der Waals surface area contributed by atoms with Crippen LogP contribution in [0.15, 0.2) is 0 Å². The Morgan fingerprint density at radius 2 is 1.33 bits per heavy atom. The van der Waals surface area contributed by atoms with Crippen LogP contribution in [0.1, 0.15) is 0 Å². The van der Waals surface area contributed by atoms with Crippen molar-refractivity contribution in [2.24, 2.45) is 0 Å². The van der Waals surface area contributed by atoms with Gasteiger partial charge in [0.05, 0.1) is 0 Å². The summed E-state index contributed by atoms with van der Waals surface area (Å²) in [4.78, 5) is 0. The van der Waals surface area contributed by atoms with Crippen molar-refractivity contribution in [1.82, 2.24) is 0 Å². The molecule has 0 aromatic carbocycles. The van der Waals surface area contributed by atoms with E-state index in [1.807, 2.05) is 0 Å². The lowest BCUT2D eigenvalue weighted by atomic mass is 10.6. The minimum Gasteiger partial charge on any atom is -0.160 e. The van der Waals surface area contributed by atoms with Gasteiger partial charge >= 0.3 is 0 Å². The molecule has 2 rings (SSSR count). The van der Waals surface area contributed by atoms with Crippen molar-refractivity contribution in [1.29, 1.82) is 0 Å². The molecule has 2 aliphatic heterocycles. The van der Waals surface area contributed by atoms with Gasteiger partial charge in [0.15, 0.2) is 0 Å². The Labute approximate surface area is 91.8 Å². The highest BCUT2D eigenvalue weighted by Gasteiger charge is 2.22. The smallest absolute Gasteiger partial charge is 0.0229 e. The van der Waals surface area contributed by atoms with Gasteiger partial charge in [0.2, 0.25) is 0 Å². The van der Waals surface area contributed by atoms with Gasteiger partial charge in [-0.15, -0.1) is 0 Å². The standard InChI is InChI=1S/C8H14S4/c1(9-3-7-5-11-7)2-10-4-8-6-12-8/h7-8H,1-6H2/t7-,8?/m1/s1. The van der Waals surface area contributed by atoms with Crippen LogP contribution in [0.3, 0.4) is 0 Å². The van der Waals surface area contributed by atoms with Crippen LogP contribution in [0.4, 0.5) is 0 Å². The number of hydrogen-bond acceptors (Lipinski definition) is 4. The molecule has 2 saturated heterocycles. The minimum atomic E-state index is 1.03. The SMILES string of the molecule is C(CSC[C@@H]1CS1)SCC1CS1. The third-order valence-electron chi connectivity index (χ3n) is 1.78. The lowest BCUT2D eigenvalue weighted by Crippen LogP contribution is -1.94. The zero-order valence-electron chi connectivity index (χ0n) is 7.03. The molecule has 2 atom stereocenters. The van der Waals surface area contributed by atoms with E-state index in [0.717, 1.165) is 10.5 Å². The second-order valence-corrected chi connectivity index (χ2v) is 8.03. The fourth-order valence-electron chi connectivity index (χ4n) is 0.876. The van der Waals surface area contributed by atoms with Gasteiger partial charge in [-0.2, -0.15) is 47.0 Å². The van der Waals surface area contributed by atoms with Crippen molar-refractivity contribution in [2.45, 2.75) is 10.5 Å². The van der Waals surface area contributed by atoms with E-state index in [1.54, 1.807) is 0 Å². The summed E-state index contributed by atoms with van der Waals surface area (Å²) >= 11 is 8.53. The molecular formula is C8H14S4. The zero-order chi connectivity index (χ0) is 8.23. The maximum absolute atomic E-state index is 2.15. The average molecular weight is 238 g/mol. The molecule has 0 aromatic rings. The Balaban J connectivity index is 1.31. The summed E-state index contributed by atoms with van der Waals surface area (Å²) in [6.07, 6.45) is 0. The molecule has 0 amide bonds. The number of hydrogen-bond donors (Lipinski definition) is 0. The summed E-state index contributed by atoms with van der Waals surface area (Å²) in [7, 11) is 0. The van der Waals surface area contributed by atoms with Gasteiger partial charge in [-0.25, -0.2) is 0 Å². The predicted molar refractivity (Wildman–Crippen MR) is 67.1 cm³/mol. The molecule has 0 aliphatic carbocycles. The molecule has 70 valence electrons. The van der Waals surface area contributed by atoms with Gasteiger partial charge in [-0.1, -0.05) is 0 Å². The second kappa shape index (κ2) is 5.32. The van der Waals surface area contributed by atoms with E-state index in [1.165, 1.54) is 34.5 Å². The van der Waals surface area contributed by atoms with E-state index in [-0.39, 0.29) is 0 Å². The maximum Gasteiger partial charge on any atom is 0.0229 e. The molecule has 0 nitrogen and oxygen atoms in total. The Hall–Kier alpha value is 1.40. The highest BCUT2D eigenvalue weighted by Crippen LogP contribution is 2.34. The molecule has 2 aliphatic rings. The third kappa shape index (κ3) is 4.58. The number of rotatable bonds is 7. The fraction of sp³-hybridized carbons (Fsp3) is 1.00. The Bertz CT molecular complexity index is 115. The van der Waals surface area contributed by atoms with Crippen molar-refractivity contribution in [3.8, 4) is 0 Å². The molecule has 2 fully saturated rings. The summed E-state index contributed by atoms with van der Waals surface area (Å²) in [6.45, 7) is 0. The van der Waals surface area contributed by atoms with E-state index in [0.29, 0.717) is 0 Å². The van der Waals surface area contributed by atoms with Gasteiger partial charge < -0.3 is 0 Å². The van der Waals surface area contributed by atoms with Crippen LogP contribution >= 0.6 is 47.0 Å². The highest BCUT2D eigenvalue weighted by atomic mass is 32.2. The van der Waals surface area contributed by atoms with Crippen molar-refractivity contribution in [2.75, 3.05) is 34.5 Å². The molecular weight excluding hydrogens is 224 g/mol. The van der Waals surface area contributed by atoms with Crippen LogP contribution in [-0.4, -0.2) is 45.0 Å². The molecule has 1 unspecified atom stereocenters. The molecule has 2 heterocycles. The lowest BCUT2D eigenvalue weighted by molar-refractivity contribution is 1.26. The quantitative estimate of drug-likeness (QED) is 0.494. The molecule has 0 N–H and O–H groups in total. The van der Waals surface area contributed by atoms with E-state index in [4.69, 9.17) is 0 Å². The fourth-order valence-corrected chi connectivity index (χ4v) is 5.07. The molecule has 0 bridgehead atoms. The largest absolute Gasteiger partial charge is 0.160 e. The monoisotopic (exact) mass is 238 g/mol. The van der Waals surface area contributed by atoms with Crippen LogP contribution < -0.4 is 0 Å². The predicted octanol–water partition coefficient (Wildman–Crippen LogP) is 2.68. The van der Waals surface area contributed by atoms with Crippen molar-refractivity contribution < 1.29 is 0 Å². The van der Waals surface area contributed by atoms with Crippen molar-refractivity contribution in [3.63, 3.8) is 0 Å². The first-order valence-electron chi connectivity index (χ1n) is 4.34. The minimum absolute atomic E-state index is 1.03. The summed E-state index contributed by atoms with van der Waals surface area (Å²) < 4.78 is 0. The van der Waals surface area contributed by atoms with Gasteiger partial charge in [0, 0.05) is 45.0 Å². The number of thioether (sulfide) groups is 4. The first-order valence-corrected chi connectivity index (χ1v) is 8.74. The van der Waals surface area contributed by atoms with Crippen LogP contribution in [0.2, 0.25) is 0 Å². The summed E-state index contributed by atoms with van der Waals surface area (Å²) in [5, 5.41) is 2.05. The molecule has 12 heavy (non-hydrogen) atoms. The molecule has 0 radical (unpaired) electrons. The molecule has 4 heteroatoms. The highest BCUT2D eigenvalue weighted by molar-refractivity contribution is 8.09. The average Bonchev–Trinajstić information content (AvgIpc) is 2.89. The lowest BCUT2D eigenvalue weighted by Gasteiger charge is -1.98. The van der Waals surface area contributed by atoms with Crippen molar-refractivity contribution in [3.05, 3.63) is 0 Å². The normalized spacial score (nSPS) is 32.0. The summed E-state index contributed by atoms with van der Waals surface area (Å²) in [5.74, 6) is 8.42. The molecule has 0 saturated carbocycles. The Morgan fingerprint density at radius 3 is 1.67 bits per heavy atom. The molecule has 0 spiro atoms. The van der Waals surface area contributed by atoms with Gasteiger partial charge in [0.1, 0.15) is 0 Å². The van der Waals surface area contributed by atoms with E-state index in [9.17, 15) is 0 Å². The summed E-state index contributed by atoms with van der Waals surface area (Å²) in [5.41, 5.74) is 0. The zero-order valence-corrected chi connectivity index (χ0v) is 10.3. The van der Waals surface area contributed by atoms with Crippen LogP contribution in [-0.2, 0) is 0 Å². The van der Waals surface area contributed by atoms with Crippen LogP contribution in [0, 0.1) is 0 Å². The molecule has 0 aromatic heterocycles. The third-order valence-corrected chi connectivity index (χ3v) is 6.67. The van der Waals surface area contributed by atoms with Crippen molar-refractivity contribution >= 4 is 47.0 Å².